The maximum absolute atomic E-state index is 5.34. The molecule has 1 aromatic rings. The molecule has 0 bridgehead atoms. The molecule has 0 radical (unpaired) electrons. The molecule has 0 heterocycles. The topological polar surface area (TPSA) is 21.3 Å². The zero-order valence-electron chi connectivity index (χ0n) is 10.8. The molecule has 1 aromatic carbocycles. The van der Waals surface area contributed by atoms with Crippen molar-refractivity contribution in [1.29, 1.82) is 0 Å². The molecule has 0 unspecified atom stereocenters. The Morgan fingerprint density at radius 3 is 3.00 bits per heavy atom. The Morgan fingerprint density at radius 1 is 1.35 bits per heavy atom. The molecule has 0 aromatic heterocycles. The van der Waals surface area contributed by atoms with Crippen LogP contribution in [0.5, 0.6) is 5.75 Å². The van der Waals surface area contributed by atoms with Gasteiger partial charge in [0, 0.05) is 5.54 Å². The van der Waals surface area contributed by atoms with E-state index in [4.69, 9.17) is 4.74 Å². The molecular weight excluding hydrogens is 210 g/mol. The monoisotopic (exact) mass is 231 g/mol. The van der Waals surface area contributed by atoms with Gasteiger partial charge in [-0.3, -0.25) is 0 Å². The quantitative estimate of drug-likeness (QED) is 0.845. The second-order valence-corrected chi connectivity index (χ2v) is 5.39. The molecular formula is C15H21NO. The standard InChI is InChI=1S/C15H21NO/c1-16-15-8-4-3-5-12(15)9-11-10-13(17-2)6-7-14(11)15/h6-7,10,12,16H,3-5,8-9H2,1-2H3/t12-,15+/m1/s1. The van der Waals surface area contributed by atoms with E-state index >= 15 is 0 Å². The number of fused-ring (bicyclic) bond motifs is 3. The van der Waals surface area contributed by atoms with Crippen LogP contribution in [0, 0.1) is 5.92 Å². The summed E-state index contributed by atoms with van der Waals surface area (Å²) in [5, 5.41) is 3.63. The Labute approximate surface area is 103 Å². The normalized spacial score (nSPS) is 30.8. The molecule has 2 aliphatic rings. The predicted octanol–water partition coefficient (Wildman–Crippen LogP) is 2.86. The van der Waals surface area contributed by atoms with E-state index in [1.807, 2.05) is 0 Å². The second kappa shape index (κ2) is 4.02. The molecule has 0 aliphatic heterocycles. The largest absolute Gasteiger partial charge is 0.497 e. The first-order valence-corrected chi connectivity index (χ1v) is 6.66. The van der Waals surface area contributed by atoms with Gasteiger partial charge < -0.3 is 10.1 Å². The van der Waals surface area contributed by atoms with Crippen LogP contribution in [-0.4, -0.2) is 14.2 Å². The molecule has 0 saturated heterocycles. The smallest absolute Gasteiger partial charge is 0.119 e. The Balaban J connectivity index is 2.06. The number of hydrogen-bond acceptors (Lipinski definition) is 2. The van der Waals surface area contributed by atoms with Gasteiger partial charge in [-0.15, -0.1) is 0 Å². The third-order valence-corrected chi connectivity index (χ3v) is 4.78. The summed E-state index contributed by atoms with van der Waals surface area (Å²) in [6.45, 7) is 0. The molecule has 0 spiro atoms. The summed E-state index contributed by atoms with van der Waals surface area (Å²) in [5.74, 6) is 1.78. The summed E-state index contributed by atoms with van der Waals surface area (Å²) < 4.78 is 5.34. The van der Waals surface area contributed by atoms with Crippen molar-refractivity contribution in [3.63, 3.8) is 0 Å². The molecule has 0 amide bonds. The van der Waals surface area contributed by atoms with E-state index in [-0.39, 0.29) is 5.54 Å². The van der Waals surface area contributed by atoms with E-state index in [1.54, 1.807) is 7.11 Å². The molecule has 1 fully saturated rings. The van der Waals surface area contributed by atoms with Crippen molar-refractivity contribution in [2.45, 2.75) is 37.6 Å². The number of methoxy groups -OCH3 is 1. The fourth-order valence-electron chi connectivity index (χ4n) is 3.91. The zero-order valence-corrected chi connectivity index (χ0v) is 10.8. The van der Waals surface area contributed by atoms with Gasteiger partial charge in [0.05, 0.1) is 7.11 Å². The van der Waals surface area contributed by atoms with Crippen LogP contribution in [-0.2, 0) is 12.0 Å². The molecule has 1 saturated carbocycles. The first-order chi connectivity index (χ1) is 8.30. The van der Waals surface area contributed by atoms with Crippen molar-refractivity contribution in [2.75, 3.05) is 14.2 Å². The SMILES string of the molecule is CN[C@@]12CCCC[C@@H]1Cc1cc(OC)ccc12. The minimum Gasteiger partial charge on any atom is -0.497 e. The first-order valence-electron chi connectivity index (χ1n) is 6.66. The Kier molecular flexibility index (Phi) is 2.62. The minimum absolute atomic E-state index is 0.250. The van der Waals surface area contributed by atoms with Gasteiger partial charge >= 0.3 is 0 Å². The van der Waals surface area contributed by atoms with Crippen molar-refractivity contribution in [3.8, 4) is 5.75 Å². The molecule has 3 rings (SSSR count). The van der Waals surface area contributed by atoms with Gasteiger partial charge in [-0.25, -0.2) is 0 Å². The number of rotatable bonds is 2. The molecule has 2 atom stereocenters. The van der Waals surface area contributed by atoms with Crippen molar-refractivity contribution in [2.24, 2.45) is 5.92 Å². The number of ether oxygens (including phenoxy) is 1. The number of benzene rings is 1. The fourth-order valence-corrected chi connectivity index (χ4v) is 3.91. The predicted molar refractivity (Wildman–Crippen MR) is 69.4 cm³/mol. The highest BCUT2D eigenvalue weighted by Gasteiger charge is 2.46. The highest BCUT2D eigenvalue weighted by molar-refractivity contribution is 5.45. The Hall–Kier alpha value is -1.02. The third-order valence-electron chi connectivity index (χ3n) is 4.78. The van der Waals surface area contributed by atoms with E-state index in [9.17, 15) is 0 Å². The molecule has 2 heteroatoms. The Morgan fingerprint density at radius 2 is 2.24 bits per heavy atom. The van der Waals surface area contributed by atoms with Gasteiger partial charge in [-0.05, 0) is 55.5 Å². The first kappa shape index (κ1) is 11.1. The van der Waals surface area contributed by atoms with Gasteiger partial charge in [-0.2, -0.15) is 0 Å². The number of nitrogens with one attached hydrogen (secondary N) is 1. The van der Waals surface area contributed by atoms with Gasteiger partial charge in [-0.1, -0.05) is 18.9 Å². The van der Waals surface area contributed by atoms with Crippen LogP contribution in [0.1, 0.15) is 36.8 Å². The maximum Gasteiger partial charge on any atom is 0.119 e. The zero-order chi connectivity index (χ0) is 11.9. The van der Waals surface area contributed by atoms with Crippen LogP contribution in [0.25, 0.3) is 0 Å². The van der Waals surface area contributed by atoms with Crippen LogP contribution in [0.3, 0.4) is 0 Å². The molecule has 17 heavy (non-hydrogen) atoms. The van der Waals surface area contributed by atoms with Crippen LogP contribution >= 0.6 is 0 Å². The lowest BCUT2D eigenvalue weighted by Crippen LogP contribution is -2.45. The molecule has 92 valence electrons. The van der Waals surface area contributed by atoms with E-state index in [0.29, 0.717) is 0 Å². The molecule has 2 nitrogen and oxygen atoms in total. The fraction of sp³-hybridized carbons (Fsp3) is 0.600. The average Bonchev–Trinajstić information content (AvgIpc) is 2.72. The summed E-state index contributed by atoms with van der Waals surface area (Å²) in [6.07, 6.45) is 6.60. The molecule has 1 N–H and O–H groups in total. The van der Waals surface area contributed by atoms with Crippen molar-refractivity contribution < 1.29 is 4.74 Å². The summed E-state index contributed by atoms with van der Waals surface area (Å²) in [4.78, 5) is 0. The third kappa shape index (κ3) is 1.50. The summed E-state index contributed by atoms with van der Waals surface area (Å²) >= 11 is 0. The highest BCUT2D eigenvalue weighted by atomic mass is 16.5. The van der Waals surface area contributed by atoms with Crippen molar-refractivity contribution in [1.82, 2.24) is 5.32 Å². The van der Waals surface area contributed by atoms with Crippen LogP contribution in [0.2, 0.25) is 0 Å². The summed E-state index contributed by atoms with van der Waals surface area (Å²) in [7, 11) is 3.87. The van der Waals surface area contributed by atoms with Gasteiger partial charge in [0.15, 0.2) is 0 Å². The summed E-state index contributed by atoms with van der Waals surface area (Å²) in [5.41, 5.74) is 3.26. The van der Waals surface area contributed by atoms with E-state index < -0.39 is 0 Å². The number of hydrogen-bond donors (Lipinski definition) is 1. The van der Waals surface area contributed by atoms with E-state index in [0.717, 1.165) is 11.7 Å². The van der Waals surface area contributed by atoms with Gasteiger partial charge in [0.1, 0.15) is 5.75 Å². The van der Waals surface area contributed by atoms with Crippen molar-refractivity contribution in [3.05, 3.63) is 29.3 Å². The van der Waals surface area contributed by atoms with Crippen LogP contribution < -0.4 is 10.1 Å². The lowest BCUT2D eigenvalue weighted by atomic mass is 9.73. The minimum atomic E-state index is 0.250. The molecule has 2 aliphatic carbocycles. The average molecular weight is 231 g/mol. The highest BCUT2D eigenvalue weighted by Crippen LogP contribution is 2.50. The van der Waals surface area contributed by atoms with Crippen molar-refractivity contribution >= 4 is 0 Å². The van der Waals surface area contributed by atoms with E-state index in [1.165, 1.54) is 43.2 Å². The maximum atomic E-state index is 5.34. The summed E-state index contributed by atoms with van der Waals surface area (Å²) in [6, 6.07) is 6.61. The van der Waals surface area contributed by atoms with Gasteiger partial charge in [0.2, 0.25) is 0 Å². The Bertz CT molecular complexity index is 429. The van der Waals surface area contributed by atoms with E-state index in [2.05, 4.69) is 30.6 Å². The van der Waals surface area contributed by atoms with Crippen LogP contribution in [0.15, 0.2) is 18.2 Å². The second-order valence-electron chi connectivity index (χ2n) is 5.39. The lowest BCUT2D eigenvalue weighted by Gasteiger charge is -2.40. The lowest BCUT2D eigenvalue weighted by molar-refractivity contribution is 0.171. The van der Waals surface area contributed by atoms with Gasteiger partial charge in [0.25, 0.3) is 0 Å². The van der Waals surface area contributed by atoms with Crippen LogP contribution in [0.4, 0.5) is 0 Å².